The van der Waals surface area contributed by atoms with Gasteiger partial charge in [-0.2, -0.15) is 15.0 Å². The number of rotatable bonds is 3. The molecule has 11 nitrogen and oxygen atoms in total. The highest BCUT2D eigenvalue weighted by Gasteiger charge is 2.31. The third kappa shape index (κ3) is 4.71. The number of aromatic hydroxyl groups is 1. The SMILES string of the molecule is CC(C)(C)c1nn(-c2ccccn2)c(N=Nc2c(O)n(C(C)(C)C)c(=O)n(C(C)(C)C)c2=O)c1C#N. The van der Waals surface area contributed by atoms with Gasteiger partial charge >= 0.3 is 5.69 Å². The average molecular weight is 493 g/mol. The minimum Gasteiger partial charge on any atom is -0.493 e. The molecule has 36 heavy (non-hydrogen) atoms. The van der Waals surface area contributed by atoms with Gasteiger partial charge in [0.15, 0.2) is 11.6 Å². The summed E-state index contributed by atoms with van der Waals surface area (Å²) in [4.78, 5) is 30.9. The van der Waals surface area contributed by atoms with Crippen molar-refractivity contribution in [3.8, 4) is 17.8 Å². The Balaban J connectivity index is 2.40. The summed E-state index contributed by atoms with van der Waals surface area (Å²) >= 11 is 0. The smallest absolute Gasteiger partial charge is 0.334 e. The number of nitrogens with zero attached hydrogens (tertiary/aromatic N) is 8. The molecule has 0 aliphatic carbocycles. The van der Waals surface area contributed by atoms with Crippen LogP contribution in [-0.2, 0) is 16.5 Å². The van der Waals surface area contributed by atoms with Gasteiger partial charge in [0.1, 0.15) is 11.6 Å². The molecule has 0 atom stereocenters. The van der Waals surface area contributed by atoms with Crippen LogP contribution in [0.4, 0.5) is 11.5 Å². The van der Waals surface area contributed by atoms with Gasteiger partial charge < -0.3 is 5.11 Å². The summed E-state index contributed by atoms with van der Waals surface area (Å²) in [6.07, 6.45) is 1.58. The van der Waals surface area contributed by atoms with E-state index in [-0.39, 0.29) is 11.4 Å². The first-order chi connectivity index (χ1) is 16.5. The number of pyridine rings is 1. The van der Waals surface area contributed by atoms with E-state index in [0.29, 0.717) is 11.5 Å². The lowest BCUT2D eigenvalue weighted by Crippen LogP contribution is -2.50. The van der Waals surface area contributed by atoms with Crippen LogP contribution in [0.3, 0.4) is 0 Å². The topological polar surface area (TPSA) is 143 Å². The zero-order valence-corrected chi connectivity index (χ0v) is 22.2. The molecule has 190 valence electrons. The lowest BCUT2D eigenvalue weighted by molar-refractivity contribution is 0.273. The molecule has 3 rings (SSSR count). The number of hydrogen-bond donors (Lipinski definition) is 1. The van der Waals surface area contributed by atoms with E-state index in [9.17, 15) is 20.0 Å². The minimum absolute atomic E-state index is 0.0516. The van der Waals surface area contributed by atoms with E-state index in [1.165, 1.54) is 4.68 Å². The molecule has 0 unspecified atom stereocenters. The predicted molar refractivity (Wildman–Crippen MR) is 136 cm³/mol. The standard InChI is InChI=1S/C25H32N8O3/c1-23(2,3)18-15(14-26)19(33(30-18)16-12-10-11-13-27-16)29-28-17-20(34)31(24(4,5)6)22(36)32(21(17)35)25(7,8)9/h10-13,34H,1-9H3. The van der Waals surface area contributed by atoms with Crippen LogP contribution in [0.2, 0.25) is 0 Å². The second-order valence-corrected chi connectivity index (χ2v) is 11.5. The fourth-order valence-electron chi connectivity index (χ4n) is 3.73. The molecule has 1 N–H and O–H groups in total. The Morgan fingerprint density at radius 2 is 1.56 bits per heavy atom. The largest absolute Gasteiger partial charge is 0.493 e. The van der Waals surface area contributed by atoms with Gasteiger partial charge in [-0.15, -0.1) is 10.2 Å². The van der Waals surface area contributed by atoms with Crippen LogP contribution in [0, 0.1) is 11.3 Å². The first-order valence-electron chi connectivity index (χ1n) is 11.5. The molecule has 3 aromatic rings. The Hall–Kier alpha value is -4.07. The average Bonchev–Trinajstić information content (AvgIpc) is 3.11. The fourth-order valence-corrected chi connectivity index (χ4v) is 3.73. The monoisotopic (exact) mass is 492 g/mol. The molecule has 0 saturated heterocycles. The van der Waals surface area contributed by atoms with Gasteiger partial charge in [-0.1, -0.05) is 26.8 Å². The maximum Gasteiger partial charge on any atom is 0.334 e. The molecule has 3 heterocycles. The van der Waals surface area contributed by atoms with Gasteiger partial charge in [-0.3, -0.25) is 13.9 Å². The van der Waals surface area contributed by atoms with Crippen LogP contribution in [0.25, 0.3) is 5.82 Å². The van der Waals surface area contributed by atoms with Crippen molar-refractivity contribution >= 4 is 11.5 Å². The Labute approximate surface area is 209 Å². The molecule has 0 aliphatic heterocycles. The van der Waals surface area contributed by atoms with E-state index in [1.54, 1.807) is 65.9 Å². The Kier molecular flexibility index (Phi) is 6.53. The second kappa shape index (κ2) is 8.86. The summed E-state index contributed by atoms with van der Waals surface area (Å²) in [7, 11) is 0. The summed E-state index contributed by atoms with van der Waals surface area (Å²) in [5, 5.41) is 33.9. The summed E-state index contributed by atoms with van der Waals surface area (Å²) in [6, 6.07) is 7.35. The van der Waals surface area contributed by atoms with Crippen LogP contribution < -0.4 is 11.2 Å². The van der Waals surface area contributed by atoms with E-state index in [2.05, 4.69) is 26.4 Å². The Morgan fingerprint density at radius 3 is 2.03 bits per heavy atom. The number of azo groups is 1. The van der Waals surface area contributed by atoms with E-state index in [0.717, 1.165) is 9.13 Å². The van der Waals surface area contributed by atoms with Crippen LogP contribution in [0.15, 0.2) is 44.2 Å². The zero-order chi connectivity index (χ0) is 27.2. The molecular weight excluding hydrogens is 460 g/mol. The molecule has 0 bridgehead atoms. The Bertz CT molecular complexity index is 1480. The first-order valence-corrected chi connectivity index (χ1v) is 11.5. The molecule has 0 spiro atoms. The zero-order valence-electron chi connectivity index (χ0n) is 22.2. The van der Waals surface area contributed by atoms with E-state index in [4.69, 9.17) is 0 Å². The highest BCUT2D eigenvalue weighted by Crippen LogP contribution is 2.35. The highest BCUT2D eigenvalue weighted by atomic mass is 16.3. The van der Waals surface area contributed by atoms with Crippen molar-refractivity contribution in [3.05, 3.63) is 56.5 Å². The number of hydrogen-bond acceptors (Lipinski definition) is 8. The van der Waals surface area contributed by atoms with E-state index < -0.39 is 39.3 Å². The molecule has 0 aliphatic rings. The normalized spacial score (nSPS) is 12.8. The summed E-state index contributed by atoms with van der Waals surface area (Å²) in [6.45, 7) is 16.0. The summed E-state index contributed by atoms with van der Waals surface area (Å²) in [5.41, 5.74) is -3.51. The highest BCUT2D eigenvalue weighted by molar-refractivity contribution is 5.56. The predicted octanol–water partition coefficient (Wildman–Crippen LogP) is 4.39. The van der Waals surface area contributed by atoms with Crippen molar-refractivity contribution < 1.29 is 5.11 Å². The first kappa shape index (κ1) is 26.5. The lowest BCUT2D eigenvalue weighted by Gasteiger charge is -2.28. The molecular formula is C25H32N8O3. The molecule has 0 aromatic carbocycles. The van der Waals surface area contributed by atoms with E-state index in [1.807, 2.05) is 20.8 Å². The van der Waals surface area contributed by atoms with Gasteiger partial charge in [0, 0.05) is 22.7 Å². The second-order valence-electron chi connectivity index (χ2n) is 11.5. The lowest BCUT2D eigenvalue weighted by atomic mass is 9.90. The third-order valence-electron chi connectivity index (χ3n) is 5.35. The molecule has 11 heteroatoms. The van der Waals surface area contributed by atoms with Gasteiger partial charge in [0.05, 0.1) is 5.69 Å². The molecule has 0 amide bonds. The summed E-state index contributed by atoms with van der Waals surface area (Å²) in [5.74, 6) is -0.162. The van der Waals surface area contributed by atoms with Gasteiger partial charge in [-0.25, -0.2) is 9.78 Å². The van der Waals surface area contributed by atoms with Crippen molar-refractivity contribution in [1.82, 2.24) is 23.9 Å². The van der Waals surface area contributed by atoms with Crippen LogP contribution in [0.1, 0.15) is 73.6 Å². The fraction of sp³-hybridized carbons (Fsp3) is 0.480. The minimum atomic E-state index is -0.897. The molecule has 3 aromatic heterocycles. The number of aromatic nitrogens is 5. The summed E-state index contributed by atoms with van der Waals surface area (Å²) < 4.78 is 3.52. The van der Waals surface area contributed by atoms with Crippen molar-refractivity contribution in [3.63, 3.8) is 0 Å². The molecule has 0 fully saturated rings. The van der Waals surface area contributed by atoms with Crippen molar-refractivity contribution in [2.45, 2.75) is 78.8 Å². The third-order valence-corrected chi connectivity index (χ3v) is 5.35. The van der Waals surface area contributed by atoms with Crippen molar-refractivity contribution in [1.29, 1.82) is 5.26 Å². The Morgan fingerprint density at radius 1 is 0.944 bits per heavy atom. The maximum absolute atomic E-state index is 13.4. The quantitative estimate of drug-likeness (QED) is 0.537. The molecule has 0 saturated carbocycles. The van der Waals surface area contributed by atoms with Crippen LogP contribution in [-0.4, -0.2) is 29.0 Å². The van der Waals surface area contributed by atoms with E-state index >= 15 is 0 Å². The van der Waals surface area contributed by atoms with Crippen LogP contribution in [0.5, 0.6) is 5.88 Å². The van der Waals surface area contributed by atoms with Crippen molar-refractivity contribution in [2.24, 2.45) is 10.2 Å². The van der Waals surface area contributed by atoms with Gasteiger partial charge in [0.25, 0.3) is 5.56 Å². The van der Waals surface area contributed by atoms with Gasteiger partial charge in [0.2, 0.25) is 11.6 Å². The molecule has 0 radical (unpaired) electrons. The van der Waals surface area contributed by atoms with Crippen LogP contribution >= 0.6 is 0 Å². The van der Waals surface area contributed by atoms with Crippen molar-refractivity contribution in [2.75, 3.05) is 0 Å². The van der Waals surface area contributed by atoms with Gasteiger partial charge in [-0.05, 0) is 53.7 Å². The number of nitriles is 1. The maximum atomic E-state index is 13.4.